The van der Waals surface area contributed by atoms with E-state index in [4.69, 9.17) is 23.2 Å². The lowest BCUT2D eigenvalue weighted by Crippen LogP contribution is -2.53. The SMILES string of the molecule is CCc1ccc(N(CC(=O)N(Cc2ccc(Cl)cc2Cl)[C@H](CC)C(=O)NC(C)C)S(C)(=O)=O)cc1. The van der Waals surface area contributed by atoms with Gasteiger partial charge in [0.1, 0.15) is 12.6 Å². The van der Waals surface area contributed by atoms with Crippen LogP contribution in [0.1, 0.15) is 45.2 Å². The Morgan fingerprint density at radius 2 is 1.66 bits per heavy atom. The van der Waals surface area contributed by atoms with Crippen LogP contribution in [0.4, 0.5) is 5.69 Å². The topological polar surface area (TPSA) is 86.8 Å². The first-order valence-electron chi connectivity index (χ1n) is 11.5. The molecule has 0 radical (unpaired) electrons. The van der Waals surface area contributed by atoms with Gasteiger partial charge in [0, 0.05) is 22.6 Å². The molecule has 2 aromatic rings. The Bertz CT molecular complexity index is 1140. The van der Waals surface area contributed by atoms with E-state index >= 15 is 0 Å². The number of nitrogens with zero attached hydrogens (tertiary/aromatic N) is 2. The number of anilines is 1. The zero-order valence-corrected chi connectivity index (χ0v) is 23.0. The molecule has 0 bridgehead atoms. The van der Waals surface area contributed by atoms with Crippen LogP contribution in [0.25, 0.3) is 0 Å². The number of rotatable bonds is 11. The van der Waals surface area contributed by atoms with Crippen molar-refractivity contribution < 1.29 is 18.0 Å². The molecule has 0 fully saturated rings. The summed E-state index contributed by atoms with van der Waals surface area (Å²) in [6.45, 7) is 7.02. The first kappa shape index (κ1) is 28.9. The van der Waals surface area contributed by atoms with Crippen LogP contribution in [0.15, 0.2) is 42.5 Å². The monoisotopic (exact) mass is 541 g/mol. The highest BCUT2D eigenvalue weighted by Crippen LogP contribution is 2.25. The summed E-state index contributed by atoms with van der Waals surface area (Å²) in [4.78, 5) is 28.0. The van der Waals surface area contributed by atoms with Gasteiger partial charge in [-0.05, 0) is 62.1 Å². The third kappa shape index (κ3) is 8.12. The third-order valence-corrected chi connectivity index (χ3v) is 7.21. The van der Waals surface area contributed by atoms with Crippen LogP contribution < -0.4 is 9.62 Å². The molecule has 0 saturated carbocycles. The fourth-order valence-electron chi connectivity index (χ4n) is 3.65. The molecular weight excluding hydrogens is 509 g/mol. The maximum atomic E-state index is 13.6. The normalized spacial score (nSPS) is 12.3. The Morgan fingerprint density at radius 3 is 2.14 bits per heavy atom. The average molecular weight is 543 g/mol. The van der Waals surface area contributed by atoms with Crippen LogP contribution in [0, 0.1) is 0 Å². The molecule has 0 saturated heterocycles. The number of aryl methyl sites for hydroxylation is 1. The number of halogens is 2. The van der Waals surface area contributed by atoms with Gasteiger partial charge in [-0.25, -0.2) is 8.42 Å². The van der Waals surface area contributed by atoms with E-state index in [1.165, 1.54) is 4.90 Å². The summed E-state index contributed by atoms with van der Waals surface area (Å²) in [5, 5.41) is 3.64. The molecule has 2 amide bonds. The van der Waals surface area contributed by atoms with Gasteiger partial charge < -0.3 is 10.2 Å². The summed E-state index contributed by atoms with van der Waals surface area (Å²) in [5.74, 6) is -0.842. The number of amides is 2. The van der Waals surface area contributed by atoms with Crippen LogP contribution in [-0.2, 0) is 32.6 Å². The minimum absolute atomic E-state index is 0.0191. The van der Waals surface area contributed by atoms with E-state index in [2.05, 4.69) is 5.32 Å². The second-order valence-electron chi connectivity index (χ2n) is 8.63. The van der Waals surface area contributed by atoms with Gasteiger partial charge in [0.05, 0.1) is 11.9 Å². The molecule has 192 valence electrons. The molecule has 2 rings (SSSR count). The number of carbonyl (C=O) groups is 2. The predicted molar refractivity (Wildman–Crippen MR) is 142 cm³/mol. The molecule has 0 aromatic heterocycles. The third-order valence-electron chi connectivity index (χ3n) is 5.48. The van der Waals surface area contributed by atoms with E-state index in [1.807, 2.05) is 32.9 Å². The Labute approximate surface area is 218 Å². The standard InChI is InChI=1S/C25H33Cl2N3O4S/c1-6-18-8-12-21(13-9-18)30(35(5,33)34)16-24(31)29(23(7-2)25(32)28-17(3)4)15-19-10-11-20(26)14-22(19)27/h8-14,17,23H,6-7,15-16H2,1-5H3,(H,28,32)/t23-/m1/s1. The second kappa shape index (κ2) is 12.6. The number of hydrogen-bond acceptors (Lipinski definition) is 4. The van der Waals surface area contributed by atoms with Crippen LogP contribution in [0.2, 0.25) is 10.0 Å². The minimum atomic E-state index is -3.78. The maximum Gasteiger partial charge on any atom is 0.244 e. The van der Waals surface area contributed by atoms with E-state index < -0.39 is 28.5 Å². The van der Waals surface area contributed by atoms with Crippen LogP contribution in [0.3, 0.4) is 0 Å². The van der Waals surface area contributed by atoms with Gasteiger partial charge in [0.25, 0.3) is 0 Å². The van der Waals surface area contributed by atoms with E-state index in [0.29, 0.717) is 27.7 Å². The molecule has 0 spiro atoms. The van der Waals surface area contributed by atoms with Crippen LogP contribution in [-0.4, -0.2) is 50.0 Å². The lowest BCUT2D eigenvalue weighted by Gasteiger charge is -2.33. The molecule has 0 aliphatic carbocycles. The molecule has 7 nitrogen and oxygen atoms in total. The molecule has 0 aliphatic rings. The van der Waals surface area contributed by atoms with Crippen molar-refractivity contribution in [3.8, 4) is 0 Å². The van der Waals surface area contributed by atoms with Crippen LogP contribution >= 0.6 is 23.2 Å². The molecular formula is C25H33Cl2N3O4S. The van der Waals surface area contributed by atoms with E-state index in [1.54, 1.807) is 37.3 Å². The first-order valence-corrected chi connectivity index (χ1v) is 14.1. The van der Waals surface area contributed by atoms with E-state index in [9.17, 15) is 18.0 Å². The van der Waals surface area contributed by atoms with Gasteiger partial charge in [-0.15, -0.1) is 0 Å². The number of hydrogen-bond donors (Lipinski definition) is 1. The lowest BCUT2D eigenvalue weighted by atomic mass is 10.1. The molecule has 0 unspecified atom stereocenters. The average Bonchev–Trinajstić information content (AvgIpc) is 2.77. The number of sulfonamides is 1. The highest BCUT2D eigenvalue weighted by atomic mass is 35.5. The van der Waals surface area contributed by atoms with Gasteiger partial charge in [-0.2, -0.15) is 0 Å². The highest BCUT2D eigenvalue weighted by molar-refractivity contribution is 7.92. The van der Waals surface area contributed by atoms with Crippen molar-refractivity contribution in [2.24, 2.45) is 0 Å². The van der Waals surface area contributed by atoms with Crippen molar-refractivity contribution in [3.63, 3.8) is 0 Å². The van der Waals surface area contributed by atoms with Crippen molar-refractivity contribution in [1.29, 1.82) is 0 Å². The van der Waals surface area contributed by atoms with Gasteiger partial charge in [-0.3, -0.25) is 13.9 Å². The molecule has 2 aromatic carbocycles. The largest absolute Gasteiger partial charge is 0.352 e. The van der Waals surface area contributed by atoms with Crippen molar-refractivity contribution in [3.05, 3.63) is 63.6 Å². The summed E-state index contributed by atoms with van der Waals surface area (Å²) < 4.78 is 26.4. The minimum Gasteiger partial charge on any atom is -0.352 e. The summed E-state index contributed by atoms with van der Waals surface area (Å²) in [6, 6.07) is 11.0. The quantitative estimate of drug-likeness (QED) is 0.448. The van der Waals surface area contributed by atoms with Gasteiger partial charge >= 0.3 is 0 Å². The first-order chi connectivity index (χ1) is 16.4. The summed E-state index contributed by atoms with van der Waals surface area (Å²) in [6.07, 6.45) is 2.19. The number of benzene rings is 2. The zero-order valence-electron chi connectivity index (χ0n) is 20.7. The van der Waals surface area contributed by atoms with Gasteiger partial charge in [0.15, 0.2) is 0 Å². The van der Waals surface area contributed by atoms with Crippen molar-refractivity contribution in [2.75, 3.05) is 17.1 Å². The second-order valence-corrected chi connectivity index (χ2v) is 11.4. The van der Waals surface area contributed by atoms with Crippen molar-refractivity contribution in [1.82, 2.24) is 10.2 Å². The Kier molecular flexibility index (Phi) is 10.4. The van der Waals surface area contributed by atoms with E-state index in [0.717, 1.165) is 22.5 Å². The summed E-state index contributed by atoms with van der Waals surface area (Å²) >= 11 is 12.4. The number of nitrogens with one attached hydrogen (secondary N) is 1. The molecule has 0 aliphatic heterocycles. The molecule has 0 heterocycles. The fourth-order valence-corrected chi connectivity index (χ4v) is 4.96. The van der Waals surface area contributed by atoms with Gasteiger partial charge in [-0.1, -0.05) is 55.2 Å². The van der Waals surface area contributed by atoms with Crippen molar-refractivity contribution >= 4 is 50.7 Å². The maximum absolute atomic E-state index is 13.6. The number of carbonyl (C=O) groups excluding carboxylic acids is 2. The summed E-state index contributed by atoms with van der Waals surface area (Å²) in [5.41, 5.74) is 2.02. The van der Waals surface area contributed by atoms with E-state index in [-0.39, 0.29) is 18.5 Å². The molecule has 1 atom stereocenters. The van der Waals surface area contributed by atoms with Crippen molar-refractivity contribution in [2.45, 2.75) is 59.2 Å². The van der Waals surface area contributed by atoms with Crippen LogP contribution in [0.5, 0.6) is 0 Å². The Hall–Kier alpha value is -2.29. The predicted octanol–water partition coefficient (Wildman–Crippen LogP) is 4.65. The lowest BCUT2D eigenvalue weighted by molar-refractivity contribution is -0.140. The molecule has 35 heavy (non-hydrogen) atoms. The molecule has 1 N–H and O–H groups in total. The fraction of sp³-hybridized carbons (Fsp3) is 0.440. The molecule has 10 heteroatoms. The summed E-state index contributed by atoms with van der Waals surface area (Å²) in [7, 11) is -3.78. The zero-order chi connectivity index (χ0) is 26.3. The Morgan fingerprint density at radius 1 is 1.03 bits per heavy atom. The highest BCUT2D eigenvalue weighted by Gasteiger charge is 2.32. The Balaban J connectivity index is 2.46. The van der Waals surface area contributed by atoms with Gasteiger partial charge in [0.2, 0.25) is 21.8 Å². The smallest absolute Gasteiger partial charge is 0.244 e.